The molecule has 1 aliphatic heterocycles. The highest BCUT2D eigenvalue weighted by atomic mass is 16.2. The number of benzene rings is 2. The average molecular weight is 298 g/mol. The van der Waals surface area contributed by atoms with Gasteiger partial charge in [-0.1, -0.05) is 0 Å². The number of likely N-dealkylation sites (N-methyl/N-ethyl adjacent to an activating group) is 1. The van der Waals surface area contributed by atoms with E-state index >= 15 is 0 Å². The molecule has 6 heteroatoms. The molecular formula is C16H18N4O2. The Hall–Kier alpha value is -2.60. The first-order valence-corrected chi connectivity index (χ1v) is 7.07. The van der Waals surface area contributed by atoms with Crippen molar-refractivity contribution in [3.05, 3.63) is 35.4 Å². The summed E-state index contributed by atoms with van der Waals surface area (Å²) in [5, 5.41) is 7.11. The molecule has 0 aliphatic carbocycles. The number of rotatable bonds is 4. The zero-order valence-electron chi connectivity index (χ0n) is 12.6. The number of hydrogen-bond donors (Lipinski definition) is 3. The van der Waals surface area contributed by atoms with E-state index < -0.39 is 5.91 Å². The summed E-state index contributed by atoms with van der Waals surface area (Å²) in [4.78, 5) is 26.1. The van der Waals surface area contributed by atoms with Gasteiger partial charge in [-0.2, -0.15) is 0 Å². The number of carbonyl (C=O) groups is 2. The van der Waals surface area contributed by atoms with Gasteiger partial charge in [0, 0.05) is 29.9 Å². The molecule has 1 aliphatic rings. The lowest BCUT2D eigenvalue weighted by atomic mass is 9.94. The second kappa shape index (κ2) is 5.31. The Morgan fingerprint density at radius 1 is 1.09 bits per heavy atom. The number of amides is 2. The summed E-state index contributed by atoms with van der Waals surface area (Å²) in [6.45, 7) is 1.63. The maximum atomic E-state index is 12.1. The van der Waals surface area contributed by atoms with E-state index in [9.17, 15) is 9.59 Å². The van der Waals surface area contributed by atoms with Crippen LogP contribution in [0.3, 0.4) is 0 Å². The number of nitrogens with two attached hydrogens (primary N) is 1. The Labute approximate surface area is 128 Å². The van der Waals surface area contributed by atoms with E-state index in [-0.39, 0.29) is 5.91 Å². The smallest absolute Gasteiger partial charge is 0.258 e. The van der Waals surface area contributed by atoms with E-state index in [4.69, 9.17) is 5.73 Å². The van der Waals surface area contributed by atoms with Gasteiger partial charge in [-0.25, -0.2) is 0 Å². The molecule has 2 aromatic carbocycles. The first kappa shape index (κ1) is 14.3. The highest BCUT2D eigenvalue weighted by Gasteiger charge is 2.25. The molecule has 114 valence electrons. The lowest BCUT2D eigenvalue weighted by Crippen LogP contribution is -2.34. The molecule has 0 atom stereocenters. The Morgan fingerprint density at radius 2 is 1.77 bits per heavy atom. The first-order chi connectivity index (χ1) is 10.5. The summed E-state index contributed by atoms with van der Waals surface area (Å²) in [7, 11) is 4.00. The molecule has 6 nitrogen and oxygen atoms in total. The normalized spacial score (nSPS) is 13.6. The van der Waals surface area contributed by atoms with E-state index in [0.29, 0.717) is 22.2 Å². The highest BCUT2D eigenvalue weighted by Crippen LogP contribution is 2.31. The quantitative estimate of drug-likeness (QED) is 0.584. The topological polar surface area (TPSA) is 87.5 Å². The van der Waals surface area contributed by atoms with Crippen molar-refractivity contribution in [1.29, 1.82) is 0 Å². The maximum absolute atomic E-state index is 12.1. The predicted molar refractivity (Wildman–Crippen MR) is 87.2 cm³/mol. The van der Waals surface area contributed by atoms with Gasteiger partial charge in [0.15, 0.2) is 0 Å². The number of nitrogens with one attached hydrogen (secondary N) is 2. The number of hydrogen-bond acceptors (Lipinski definition) is 5. The van der Waals surface area contributed by atoms with Crippen molar-refractivity contribution in [2.24, 2.45) is 0 Å². The van der Waals surface area contributed by atoms with Crippen molar-refractivity contribution in [1.82, 2.24) is 10.2 Å². The van der Waals surface area contributed by atoms with E-state index in [1.54, 1.807) is 18.2 Å². The minimum Gasteiger partial charge on any atom is -0.399 e. The Bertz CT molecular complexity index is 783. The van der Waals surface area contributed by atoms with Crippen LogP contribution in [0, 0.1) is 0 Å². The van der Waals surface area contributed by atoms with Crippen LogP contribution in [-0.4, -0.2) is 43.9 Å². The highest BCUT2D eigenvalue weighted by molar-refractivity contribution is 6.26. The van der Waals surface area contributed by atoms with Crippen molar-refractivity contribution in [2.75, 3.05) is 38.2 Å². The van der Waals surface area contributed by atoms with E-state index in [0.717, 1.165) is 24.2 Å². The Morgan fingerprint density at radius 3 is 2.45 bits per heavy atom. The molecule has 0 unspecified atom stereocenters. The van der Waals surface area contributed by atoms with Crippen molar-refractivity contribution in [3.63, 3.8) is 0 Å². The minimum atomic E-state index is -0.400. The van der Waals surface area contributed by atoms with E-state index in [1.807, 2.05) is 20.2 Å². The van der Waals surface area contributed by atoms with Crippen molar-refractivity contribution < 1.29 is 9.59 Å². The van der Waals surface area contributed by atoms with Crippen LogP contribution in [0.1, 0.15) is 20.7 Å². The molecule has 4 N–H and O–H groups in total. The molecule has 2 aromatic rings. The summed E-state index contributed by atoms with van der Waals surface area (Å²) in [5.74, 6) is -0.772. The molecule has 3 rings (SSSR count). The number of imide groups is 1. The predicted octanol–water partition coefficient (Wildman–Crippen LogP) is 1.28. The standard InChI is InChI=1S/C16H18N4O2/c1-20(2)4-3-18-11-6-9-5-10(17)7-12-14(9)13(8-11)16(22)19-15(12)21/h5-8,18H,3-4,17H2,1-2H3,(H,19,21,22). The molecule has 0 bridgehead atoms. The molecular weight excluding hydrogens is 280 g/mol. The van der Waals surface area contributed by atoms with Crippen molar-refractivity contribution >= 4 is 34.0 Å². The SMILES string of the molecule is CN(C)CCNc1cc2c3c(cc(N)cc3c1)C(=O)NC2=O. The van der Waals surface area contributed by atoms with Gasteiger partial charge in [-0.05, 0) is 43.7 Å². The second-order valence-electron chi connectivity index (χ2n) is 5.70. The Kier molecular flexibility index (Phi) is 3.46. The molecule has 0 fully saturated rings. The maximum Gasteiger partial charge on any atom is 0.258 e. The van der Waals surface area contributed by atoms with Crippen LogP contribution in [0.25, 0.3) is 10.8 Å². The molecule has 0 aromatic heterocycles. The van der Waals surface area contributed by atoms with Gasteiger partial charge >= 0.3 is 0 Å². The van der Waals surface area contributed by atoms with Crippen LogP contribution in [0.2, 0.25) is 0 Å². The van der Waals surface area contributed by atoms with E-state index in [1.165, 1.54) is 0 Å². The van der Waals surface area contributed by atoms with Gasteiger partial charge in [0.25, 0.3) is 11.8 Å². The molecule has 1 heterocycles. The van der Waals surface area contributed by atoms with Crippen molar-refractivity contribution in [3.8, 4) is 0 Å². The average Bonchev–Trinajstić information content (AvgIpc) is 2.43. The zero-order valence-corrected chi connectivity index (χ0v) is 12.6. The third-order valence-corrected chi connectivity index (χ3v) is 3.68. The lowest BCUT2D eigenvalue weighted by Gasteiger charge is -2.19. The van der Waals surface area contributed by atoms with Gasteiger partial charge in [0.05, 0.1) is 11.1 Å². The third-order valence-electron chi connectivity index (χ3n) is 3.68. The van der Waals surface area contributed by atoms with E-state index in [2.05, 4.69) is 15.5 Å². The summed E-state index contributed by atoms with van der Waals surface area (Å²) >= 11 is 0. The molecule has 22 heavy (non-hydrogen) atoms. The number of nitrogen functional groups attached to an aromatic ring is 1. The molecule has 0 saturated carbocycles. The van der Waals surface area contributed by atoms with Crippen molar-refractivity contribution in [2.45, 2.75) is 0 Å². The van der Waals surface area contributed by atoms with Crippen LogP contribution < -0.4 is 16.4 Å². The van der Waals surface area contributed by atoms with Gasteiger partial charge in [-0.3, -0.25) is 14.9 Å². The second-order valence-corrected chi connectivity index (χ2v) is 5.70. The number of anilines is 2. The fourth-order valence-electron chi connectivity index (χ4n) is 2.66. The van der Waals surface area contributed by atoms with Gasteiger partial charge < -0.3 is 16.0 Å². The molecule has 0 radical (unpaired) electrons. The zero-order chi connectivity index (χ0) is 15.9. The minimum absolute atomic E-state index is 0.372. The van der Waals surface area contributed by atoms with Crippen LogP contribution in [0.5, 0.6) is 0 Å². The van der Waals surface area contributed by atoms with Crippen LogP contribution in [0.4, 0.5) is 11.4 Å². The molecule has 2 amide bonds. The first-order valence-electron chi connectivity index (χ1n) is 7.07. The van der Waals surface area contributed by atoms with Crippen LogP contribution >= 0.6 is 0 Å². The number of carbonyl (C=O) groups excluding carboxylic acids is 2. The molecule has 0 saturated heterocycles. The number of nitrogens with zero attached hydrogens (tertiary/aromatic N) is 1. The van der Waals surface area contributed by atoms with Crippen LogP contribution in [-0.2, 0) is 0 Å². The largest absolute Gasteiger partial charge is 0.399 e. The summed E-state index contributed by atoms with van der Waals surface area (Å²) < 4.78 is 0. The fraction of sp³-hybridized carbons (Fsp3) is 0.250. The van der Waals surface area contributed by atoms with Gasteiger partial charge in [0.2, 0.25) is 0 Å². The van der Waals surface area contributed by atoms with Crippen LogP contribution in [0.15, 0.2) is 24.3 Å². The molecule has 0 spiro atoms. The summed E-state index contributed by atoms with van der Waals surface area (Å²) in [6, 6.07) is 7.08. The fourth-order valence-corrected chi connectivity index (χ4v) is 2.66. The summed E-state index contributed by atoms with van der Waals surface area (Å²) in [5.41, 5.74) is 8.16. The Balaban J connectivity index is 2.09. The lowest BCUT2D eigenvalue weighted by molar-refractivity contribution is 0.0845. The van der Waals surface area contributed by atoms with Gasteiger partial charge in [0.1, 0.15) is 0 Å². The monoisotopic (exact) mass is 298 g/mol. The van der Waals surface area contributed by atoms with Gasteiger partial charge in [-0.15, -0.1) is 0 Å². The third kappa shape index (κ3) is 2.48. The summed E-state index contributed by atoms with van der Waals surface area (Å²) in [6.07, 6.45) is 0.